The average Bonchev–Trinajstić information content (AvgIpc) is 2.83. The zero-order chi connectivity index (χ0) is 12.6. The smallest absolute Gasteiger partial charge is 0.125 e. The van der Waals surface area contributed by atoms with Crippen LogP contribution in [0.3, 0.4) is 0 Å². The maximum absolute atomic E-state index is 13.2. The lowest BCUT2D eigenvalue weighted by Crippen LogP contribution is -2.38. The normalized spacial score (nSPS) is 19.2. The van der Waals surface area contributed by atoms with Crippen LogP contribution in [0, 0.1) is 5.82 Å². The molecule has 1 aromatic carbocycles. The Morgan fingerprint density at radius 2 is 2.06 bits per heavy atom. The van der Waals surface area contributed by atoms with Crippen LogP contribution in [0.4, 0.5) is 4.39 Å². The lowest BCUT2D eigenvalue weighted by Gasteiger charge is -2.34. The molecule has 0 aliphatic heterocycles. The molecule has 1 aliphatic rings. The lowest BCUT2D eigenvalue weighted by atomic mass is 9.73. The van der Waals surface area contributed by atoms with Gasteiger partial charge in [0.05, 0.1) is 11.0 Å². The number of halogens is 1. The molecule has 0 radical (unpaired) electrons. The molecule has 3 N–H and O–H groups in total. The molecule has 0 unspecified atom stereocenters. The van der Waals surface area contributed by atoms with Crippen molar-refractivity contribution in [1.29, 1.82) is 0 Å². The Bertz CT molecular complexity index is 555. The Labute approximate surface area is 106 Å². The number of hydrogen-bond acceptors (Lipinski definition) is 2. The first-order valence-corrected chi connectivity index (χ1v) is 6.59. The van der Waals surface area contributed by atoms with Gasteiger partial charge in [0.1, 0.15) is 11.6 Å². The Kier molecular flexibility index (Phi) is 2.82. The Balaban J connectivity index is 2.06. The monoisotopic (exact) mass is 247 g/mol. The predicted octanol–water partition coefficient (Wildman–Crippen LogP) is 2.86. The summed E-state index contributed by atoms with van der Waals surface area (Å²) in [6.07, 6.45) is 5.82. The molecule has 0 spiro atoms. The van der Waals surface area contributed by atoms with E-state index in [0.29, 0.717) is 6.54 Å². The van der Waals surface area contributed by atoms with E-state index in [4.69, 9.17) is 5.73 Å². The summed E-state index contributed by atoms with van der Waals surface area (Å²) in [6.45, 7) is 0.606. The van der Waals surface area contributed by atoms with Gasteiger partial charge in [-0.3, -0.25) is 0 Å². The van der Waals surface area contributed by atoms with E-state index in [9.17, 15) is 4.39 Å². The number of fused-ring (bicyclic) bond motifs is 1. The van der Waals surface area contributed by atoms with Crippen molar-refractivity contribution < 1.29 is 4.39 Å². The predicted molar refractivity (Wildman–Crippen MR) is 69.9 cm³/mol. The fourth-order valence-corrected chi connectivity index (χ4v) is 3.00. The largest absolute Gasteiger partial charge is 0.341 e. The van der Waals surface area contributed by atoms with Crippen molar-refractivity contribution in [1.82, 2.24) is 9.97 Å². The van der Waals surface area contributed by atoms with Gasteiger partial charge in [-0.1, -0.05) is 19.3 Å². The average molecular weight is 247 g/mol. The first-order valence-electron chi connectivity index (χ1n) is 6.59. The van der Waals surface area contributed by atoms with Crippen molar-refractivity contribution in [2.75, 3.05) is 6.54 Å². The molecule has 18 heavy (non-hydrogen) atoms. The molecular formula is C14H18FN3. The minimum absolute atomic E-state index is 0.0340. The van der Waals surface area contributed by atoms with Crippen LogP contribution in [0.25, 0.3) is 11.0 Å². The second-order valence-electron chi connectivity index (χ2n) is 5.29. The van der Waals surface area contributed by atoms with Crippen LogP contribution in [0.1, 0.15) is 37.9 Å². The van der Waals surface area contributed by atoms with Crippen molar-refractivity contribution in [2.45, 2.75) is 37.5 Å². The number of rotatable bonds is 2. The molecule has 1 aromatic heterocycles. The summed E-state index contributed by atoms with van der Waals surface area (Å²) in [7, 11) is 0. The van der Waals surface area contributed by atoms with E-state index < -0.39 is 0 Å². The molecule has 3 rings (SSSR count). The summed E-state index contributed by atoms with van der Waals surface area (Å²) in [5.74, 6) is 0.702. The van der Waals surface area contributed by atoms with Crippen LogP contribution in [0.15, 0.2) is 18.2 Å². The third-order valence-corrected chi connectivity index (χ3v) is 4.15. The summed E-state index contributed by atoms with van der Waals surface area (Å²) < 4.78 is 13.2. The number of imidazole rings is 1. The molecule has 0 atom stereocenters. The van der Waals surface area contributed by atoms with E-state index in [2.05, 4.69) is 9.97 Å². The van der Waals surface area contributed by atoms with Crippen LogP contribution in [0.2, 0.25) is 0 Å². The molecule has 3 nitrogen and oxygen atoms in total. The fraction of sp³-hybridized carbons (Fsp3) is 0.500. The van der Waals surface area contributed by atoms with Gasteiger partial charge in [0.2, 0.25) is 0 Å². The van der Waals surface area contributed by atoms with Crippen molar-refractivity contribution >= 4 is 11.0 Å². The number of aromatic amines is 1. The first kappa shape index (κ1) is 11.7. The molecule has 0 saturated heterocycles. The van der Waals surface area contributed by atoms with Gasteiger partial charge in [-0.15, -0.1) is 0 Å². The van der Waals surface area contributed by atoms with E-state index >= 15 is 0 Å². The van der Waals surface area contributed by atoms with Gasteiger partial charge in [0.25, 0.3) is 0 Å². The number of hydrogen-bond donors (Lipinski definition) is 2. The molecule has 4 heteroatoms. The number of nitrogens with one attached hydrogen (secondary N) is 1. The zero-order valence-corrected chi connectivity index (χ0v) is 10.4. The van der Waals surface area contributed by atoms with Gasteiger partial charge in [0.15, 0.2) is 0 Å². The molecule has 0 amide bonds. The highest BCUT2D eigenvalue weighted by Gasteiger charge is 2.35. The summed E-state index contributed by atoms with van der Waals surface area (Å²) in [5.41, 5.74) is 7.54. The molecule has 1 saturated carbocycles. The number of benzene rings is 1. The Morgan fingerprint density at radius 3 is 2.78 bits per heavy atom. The summed E-state index contributed by atoms with van der Waals surface area (Å²) in [6, 6.07) is 4.67. The first-order chi connectivity index (χ1) is 8.73. The van der Waals surface area contributed by atoms with Gasteiger partial charge in [0, 0.05) is 12.0 Å². The van der Waals surface area contributed by atoms with E-state index in [1.165, 1.54) is 31.4 Å². The van der Waals surface area contributed by atoms with Crippen LogP contribution >= 0.6 is 0 Å². The van der Waals surface area contributed by atoms with Gasteiger partial charge in [-0.05, 0) is 31.0 Å². The van der Waals surface area contributed by atoms with Gasteiger partial charge in [-0.2, -0.15) is 0 Å². The van der Waals surface area contributed by atoms with Crippen molar-refractivity contribution in [3.05, 3.63) is 29.8 Å². The number of H-pyrrole nitrogens is 1. The molecular weight excluding hydrogens is 229 g/mol. The van der Waals surface area contributed by atoms with Gasteiger partial charge < -0.3 is 10.7 Å². The minimum Gasteiger partial charge on any atom is -0.341 e. The van der Waals surface area contributed by atoms with Crippen LogP contribution in [-0.4, -0.2) is 16.5 Å². The molecule has 1 aliphatic carbocycles. The third kappa shape index (κ3) is 1.81. The lowest BCUT2D eigenvalue weighted by molar-refractivity contribution is 0.288. The zero-order valence-electron chi connectivity index (χ0n) is 10.4. The van der Waals surface area contributed by atoms with E-state index in [1.54, 1.807) is 6.07 Å². The van der Waals surface area contributed by atoms with Crippen molar-refractivity contribution in [3.63, 3.8) is 0 Å². The standard InChI is InChI=1S/C14H18FN3/c15-10-4-5-11-12(8-10)18-13(17-11)14(9-16)6-2-1-3-7-14/h4-5,8H,1-3,6-7,9,16H2,(H,17,18). The summed E-state index contributed by atoms with van der Waals surface area (Å²) >= 11 is 0. The second-order valence-corrected chi connectivity index (χ2v) is 5.29. The number of aromatic nitrogens is 2. The highest BCUT2D eigenvalue weighted by Crippen LogP contribution is 2.37. The molecule has 0 bridgehead atoms. The quantitative estimate of drug-likeness (QED) is 0.857. The molecule has 2 aromatic rings. The van der Waals surface area contributed by atoms with E-state index in [-0.39, 0.29) is 11.2 Å². The summed E-state index contributed by atoms with van der Waals surface area (Å²) in [5, 5.41) is 0. The van der Waals surface area contributed by atoms with E-state index in [1.807, 2.05) is 0 Å². The molecule has 1 fully saturated rings. The highest BCUT2D eigenvalue weighted by atomic mass is 19.1. The van der Waals surface area contributed by atoms with E-state index in [0.717, 1.165) is 29.7 Å². The molecule has 1 heterocycles. The maximum atomic E-state index is 13.2. The second kappa shape index (κ2) is 4.35. The highest BCUT2D eigenvalue weighted by molar-refractivity contribution is 5.75. The van der Waals surface area contributed by atoms with Gasteiger partial charge >= 0.3 is 0 Å². The van der Waals surface area contributed by atoms with Gasteiger partial charge in [-0.25, -0.2) is 9.37 Å². The fourth-order valence-electron chi connectivity index (χ4n) is 3.00. The topological polar surface area (TPSA) is 54.7 Å². The van der Waals surface area contributed by atoms with Crippen LogP contribution in [-0.2, 0) is 5.41 Å². The van der Waals surface area contributed by atoms with Crippen LogP contribution in [0.5, 0.6) is 0 Å². The molecule has 96 valence electrons. The van der Waals surface area contributed by atoms with Crippen molar-refractivity contribution in [3.8, 4) is 0 Å². The third-order valence-electron chi connectivity index (χ3n) is 4.15. The SMILES string of the molecule is NCC1(c2nc3ccc(F)cc3[nH]2)CCCCC1. The number of nitrogens with two attached hydrogens (primary N) is 1. The minimum atomic E-state index is -0.233. The van der Waals surface area contributed by atoms with Crippen molar-refractivity contribution in [2.24, 2.45) is 5.73 Å². The Morgan fingerprint density at radius 1 is 1.28 bits per heavy atom. The maximum Gasteiger partial charge on any atom is 0.125 e. The van der Waals surface area contributed by atoms with Crippen LogP contribution < -0.4 is 5.73 Å². The Hall–Kier alpha value is -1.42. The summed E-state index contributed by atoms with van der Waals surface area (Å²) in [4.78, 5) is 7.89. The number of nitrogens with zero attached hydrogens (tertiary/aromatic N) is 1.